The molecule has 1 unspecified atom stereocenters. The standard InChI is InChI=1S/C30H35N5O4/c1-38-15-7-14-35-25-11-4-3-10-24(25)32-28(35)21-9-6-13-33(17-21)29(36)22-18-34(19-23(22)31)30(37)27-16-20-8-2-5-12-26(20)39-27/h2-5,8,10-12,16,21-23H,6-7,9,13-15,17-19,31H2,1H3/t21?,22-,23-/m1/s1. The number of amides is 2. The Morgan fingerprint density at radius 3 is 2.74 bits per heavy atom. The summed E-state index contributed by atoms with van der Waals surface area (Å²) in [4.78, 5) is 35.5. The summed E-state index contributed by atoms with van der Waals surface area (Å²) in [5, 5.41) is 0.879. The average molecular weight is 530 g/mol. The molecule has 0 saturated carbocycles. The molecule has 0 radical (unpaired) electrons. The van der Waals surface area contributed by atoms with Crippen molar-refractivity contribution in [1.82, 2.24) is 19.4 Å². The summed E-state index contributed by atoms with van der Waals surface area (Å²) >= 11 is 0. The lowest BCUT2D eigenvalue weighted by molar-refractivity contribution is -0.136. The van der Waals surface area contributed by atoms with E-state index in [-0.39, 0.29) is 23.5 Å². The monoisotopic (exact) mass is 529 g/mol. The van der Waals surface area contributed by atoms with E-state index >= 15 is 0 Å². The van der Waals surface area contributed by atoms with E-state index < -0.39 is 12.0 Å². The van der Waals surface area contributed by atoms with Gasteiger partial charge in [-0.2, -0.15) is 0 Å². The number of likely N-dealkylation sites (tertiary alicyclic amines) is 2. The van der Waals surface area contributed by atoms with Crippen molar-refractivity contribution in [2.24, 2.45) is 11.7 Å². The molecule has 2 aliphatic heterocycles. The van der Waals surface area contributed by atoms with Gasteiger partial charge in [0.2, 0.25) is 5.91 Å². The number of aryl methyl sites for hydroxylation is 1. The van der Waals surface area contributed by atoms with E-state index in [1.54, 1.807) is 18.1 Å². The maximum atomic E-state index is 13.7. The van der Waals surface area contributed by atoms with Crippen LogP contribution in [0.2, 0.25) is 0 Å². The molecule has 39 heavy (non-hydrogen) atoms. The molecule has 0 bridgehead atoms. The van der Waals surface area contributed by atoms with Crippen LogP contribution in [0.3, 0.4) is 0 Å². The van der Waals surface area contributed by atoms with Gasteiger partial charge in [0.15, 0.2) is 5.76 Å². The topological polar surface area (TPSA) is 107 Å². The van der Waals surface area contributed by atoms with Gasteiger partial charge < -0.3 is 29.3 Å². The second kappa shape index (κ2) is 10.8. The Morgan fingerprint density at radius 1 is 1.08 bits per heavy atom. The highest BCUT2D eigenvalue weighted by Gasteiger charge is 2.41. The summed E-state index contributed by atoms with van der Waals surface area (Å²) < 4.78 is 13.4. The van der Waals surface area contributed by atoms with Gasteiger partial charge in [-0.25, -0.2) is 4.98 Å². The van der Waals surface area contributed by atoms with E-state index in [0.29, 0.717) is 38.4 Å². The Kier molecular flexibility index (Phi) is 7.10. The largest absolute Gasteiger partial charge is 0.451 e. The van der Waals surface area contributed by atoms with Crippen LogP contribution >= 0.6 is 0 Å². The van der Waals surface area contributed by atoms with Crippen LogP contribution in [0.5, 0.6) is 0 Å². The number of carbonyl (C=O) groups is 2. The zero-order chi connectivity index (χ0) is 26.9. The predicted molar refractivity (Wildman–Crippen MR) is 148 cm³/mol. The third kappa shape index (κ3) is 4.92. The van der Waals surface area contributed by atoms with Gasteiger partial charge in [-0.15, -0.1) is 0 Å². The maximum Gasteiger partial charge on any atom is 0.289 e. The zero-order valence-electron chi connectivity index (χ0n) is 22.3. The summed E-state index contributed by atoms with van der Waals surface area (Å²) in [6.07, 6.45) is 2.78. The van der Waals surface area contributed by atoms with Gasteiger partial charge in [0.25, 0.3) is 5.91 Å². The Hall–Kier alpha value is -3.69. The van der Waals surface area contributed by atoms with E-state index in [4.69, 9.17) is 19.9 Å². The van der Waals surface area contributed by atoms with Crippen LogP contribution < -0.4 is 5.73 Å². The van der Waals surface area contributed by atoms with Crippen LogP contribution in [-0.4, -0.2) is 77.1 Å². The fraction of sp³-hybridized carbons (Fsp3) is 0.433. The number of benzene rings is 2. The molecular formula is C30H35N5O4. The lowest BCUT2D eigenvalue weighted by Crippen LogP contribution is -2.47. The number of nitrogens with two attached hydrogens (primary N) is 1. The quantitative estimate of drug-likeness (QED) is 0.367. The number of para-hydroxylation sites is 3. The van der Waals surface area contributed by atoms with E-state index in [0.717, 1.165) is 48.1 Å². The minimum absolute atomic E-state index is 0.0224. The highest BCUT2D eigenvalue weighted by molar-refractivity contribution is 5.97. The zero-order valence-corrected chi connectivity index (χ0v) is 22.3. The average Bonchev–Trinajstić information content (AvgIpc) is 3.67. The summed E-state index contributed by atoms with van der Waals surface area (Å²) in [6.45, 7) is 3.43. The second-order valence-corrected chi connectivity index (χ2v) is 10.7. The Labute approximate surface area is 227 Å². The summed E-state index contributed by atoms with van der Waals surface area (Å²) in [6, 6.07) is 17.1. The molecule has 0 spiro atoms. The number of carbonyl (C=O) groups excluding carboxylic acids is 2. The van der Waals surface area contributed by atoms with E-state index in [2.05, 4.69) is 10.6 Å². The fourth-order valence-electron chi connectivity index (χ4n) is 6.13. The molecule has 4 aromatic rings. The first-order valence-electron chi connectivity index (χ1n) is 13.8. The third-order valence-corrected chi connectivity index (χ3v) is 8.12. The molecule has 6 rings (SSSR count). The number of imidazole rings is 1. The predicted octanol–water partition coefficient (Wildman–Crippen LogP) is 3.62. The number of hydrogen-bond acceptors (Lipinski definition) is 6. The van der Waals surface area contributed by atoms with Gasteiger partial charge in [-0.1, -0.05) is 30.3 Å². The SMILES string of the molecule is COCCCn1c(C2CCCN(C(=O)[C@@H]3CN(C(=O)c4cc5ccccc5o4)C[C@H]3N)C2)nc2ccccc21. The van der Waals surface area contributed by atoms with Crippen LogP contribution in [0.1, 0.15) is 41.6 Å². The Balaban J connectivity index is 1.17. The molecule has 2 aromatic carbocycles. The van der Waals surface area contributed by atoms with Crippen LogP contribution in [0.4, 0.5) is 0 Å². The molecular weight excluding hydrogens is 494 g/mol. The molecule has 4 heterocycles. The van der Waals surface area contributed by atoms with E-state index in [9.17, 15) is 9.59 Å². The highest BCUT2D eigenvalue weighted by Crippen LogP contribution is 2.32. The molecule has 9 nitrogen and oxygen atoms in total. The smallest absolute Gasteiger partial charge is 0.289 e. The van der Waals surface area contributed by atoms with E-state index in [1.807, 2.05) is 47.4 Å². The minimum atomic E-state index is -0.433. The van der Waals surface area contributed by atoms with Crippen molar-refractivity contribution in [3.05, 3.63) is 66.2 Å². The first kappa shape index (κ1) is 25.6. The number of methoxy groups -OCH3 is 1. The molecule has 9 heteroatoms. The van der Waals surface area contributed by atoms with Gasteiger partial charge in [0.05, 0.1) is 17.0 Å². The summed E-state index contributed by atoms with van der Waals surface area (Å²) in [5.41, 5.74) is 9.22. The molecule has 2 N–H and O–H groups in total. The van der Waals surface area contributed by atoms with Crippen LogP contribution in [-0.2, 0) is 16.1 Å². The van der Waals surface area contributed by atoms with Gasteiger partial charge in [0, 0.05) is 63.8 Å². The first-order valence-corrected chi connectivity index (χ1v) is 13.8. The minimum Gasteiger partial charge on any atom is -0.451 e. The molecule has 204 valence electrons. The number of fused-ring (bicyclic) bond motifs is 2. The number of ether oxygens (including phenoxy) is 1. The first-order chi connectivity index (χ1) is 19.0. The van der Waals surface area contributed by atoms with Crippen LogP contribution in [0.25, 0.3) is 22.0 Å². The highest BCUT2D eigenvalue weighted by atomic mass is 16.5. The van der Waals surface area contributed by atoms with E-state index in [1.165, 1.54) is 0 Å². The number of rotatable bonds is 7. The molecule has 2 aliphatic rings. The van der Waals surface area contributed by atoms with Crippen molar-refractivity contribution in [3.63, 3.8) is 0 Å². The number of aromatic nitrogens is 2. The lowest BCUT2D eigenvalue weighted by Gasteiger charge is -2.35. The molecule has 3 atom stereocenters. The second-order valence-electron chi connectivity index (χ2n) is 10.7. The number of hydrogen-bond donors (Lipinski definition) is 1. The summed E-state index contributed by atoms with van der Waals surface area (Å²) in [7, 11) is 1.72. The molecule has 0 aliphatic carbocycles. The number of furan rings is 1. The molecule has 2 saturated heterocycles. The van der Waals surface area contributed by atoms with Gasteiger partial charge in [-0.3, -0.25) is 9.59 Å². The van der Waals surface area contributed by atoms with Gasteiger partial charge in [-0.05, 0) is 43.5 Å². The maximum absolute atomic E-state index is 13.7. The van der Waals surface area contributed by atoms with Gasteiger partial charge >= 0.3 is 0 Å². The van der Waals surface area contributed by atoms with Crippen LogP contribution in [0.15, 0.2) is 59.0 Å². The van der Waals surface area contributed by atoms with Crippen molar-refractivity contribution in [2.75, 3.05) is 39.9 Å². The fourth-order valence-corrected chi connectivity index (χ4v) is 6.13. The normalized spacial score (nSPS) is 21.7. The van der Waals surface area contributed by atoms with Gasteiger partial charge in [0.1, 0.15) is 11.4 Å². The summed E-state index contributed by atoms with van der Waals surface area (Å²) in [5.74, 6) is 0.817. The molecule has 2 aromatic heterocycles. The van der Waals surface area contributed by atoms with Crippen molar-refractivity contribution >= 4 is 33.8 Å². The number of nitrogens with zero attached hydrogens (tertiary/aromatic N) is 4. The van der Waals surface area contributed by atoms with Crippen molar-refractivity contribution in [2.45, 2.75) is 37.8 Å². The Bertz CT molecular complexity index is 1460. The van der Waals surface area contributed by atoms with Crippen molar-refractivity contribution in [3.8, 4) is 0 Å². The Morgan fingerprint density at radius 2 is 1.90 bits per heavy atom. The lowest BCUT2D eigenvalue weighted by atomic mass is 9.94. The third-order valence-electron chi connectivity index (χ3n) is 8.12. The molecule has 2 fully saturated rings. The molecule has 2 amide bonds. The van der Waals surface area contributed by atoms with Crippen molar-refractivity contribution in [1.29, 1.82) is 0 Å². The van der Waals surface area contributed by atoms with Crippen molar-refractivity contribution < 1.29 is 18.7 Å². The van der Waals surface area contributed by atoms with Crippen LogP contribution in [0, 0.1) is 5.92 Å². The number of piperidine rings is 1.